The molecule has 3 N–H and O–H groups in total. The summed E-state index contributed by atoms with van der Waals surface area (Å²) in [7, 11) is 0. The lowest BCUT2D eigenvalue weighted by molar-refractivity contribution is -0.230. The van der Waals surface area contributed by atoms with E-state index in [4.69, 9.17) is 26.8 Å². The summed E-state index contributed by atoms with van der Waals surface area (Å²) >= 11 is 5.74. The van der Waals surface area contributed by atoms with E-state index >= 15 is 8.78 Å². The normalized spacial score (nSPS) is 41.9. The third-order valence-corrected chi connectivity index (χ3v) is 10.3. The van der Waals surface area contributed by atoms with Gasteiger partial charge in [0, 0.05) is 22.7 Å². The Labute approximate surface area is 234 Å². The standard InChI is InChI=1S/C29H31ClF3NO6/c1-14-8-17-18-11-21(32)19-10-16(35)6-7-26(19,2)28(18,33)23(36)12-27(17,3)29(14,25(38)39-13-30)40-24(37)15-4-5-20(31)22(34)9-15/h4-7,9-10,14,17-18,21,23,36H,8,11-13,34H2,1-3H3/t14-,17+,18+,21+,23+,26+,27+,28+,29+/m1/s1. The average Bonchev–Trinajstić information content (AvgIpc) is 3.11. The minimum absolute atomic E-state index is 0.0272. The monoisotopic (exact) mass is 581 g/mol. The molecule has 4 aliphatic rings. The molecule has 0 radical (unpaired) electrons. The van der Waals surface area contributed by atoms with Crippen molar-refractivity contribution in [2.75, 3.05) is 11.8 Å². The number of fused-ring (bicyclic) bond motifs is 5. The molecule has 0 spiro atoms. The summed E-state index contributed by atoms with van der Waals surface area (Å²) in [5.74, 6) is -5.81. The quantitative estimate of drug-likeness (QED) is 0.303. The molecule has 1 aromatic rings. The lowest BCUT2D eigenvalue weighted by Crippen LogP contribution is -2.71. The summed E-state index contributed by atoms with van der Waals surface area (Å²) in [6.07, 6.45) is -0.353. The molecule has 0 aromatic heterocycles. The number of allylic oxidation sites excluding steroid dienone is 4. The zero-order chi connectivity index (χ0) is 29.4. The molecule has 11 heteroatoms. The number of anilines is 1. The van der Waals surface area contributed by atoms with Crippen LogP contribution < -0.4 is 5.73 Å². The topological polar surface area (TPSA) is 116 Å². The van der Waals surface area contributed by atoms with Crippen LogP contribution in [0.5, 0.6) is 0 Å². The average molecular weight is 582 g/mol. The SMILES string of the molecule is C[C@@H]1C[C@H]2[C@@H]3C[C@H](F)C4=CC(=O)C=C[C@]4(C)[C@@]3(F)[C@@H](O)C[C@]2(C)[C@@]1(OC(=O)c1ccc(F)c(N)c1)C(=O)OCCl. The van der Waals surface area contributed by atoms with E-state index in [0.717, 1.165) is 24.3 Å². The summed E-state index contributed by atoms with van der Waals surface area (Å²) in [5.41, 5.74) is -2.30. The number of aliphatic hydroxyl groups is 1. The lowest BCUT2D eigenvalue weighted by atomic mass is 9.44. The van der Waals surface area contributed by atoms with Crippen LogP contribution in [0.4, 0.5) is 18.9 Å². The van der Waals surface area contributed by atoms with Gasteiger partial charge in [0.2, 0.25) is 5.60 Å². The number of halogens is 4. The molecule has 0 heterocycles. The van der Waals surface area contributed by atoms with Crippen molar-refractivity contribution in [1.29, 1.82) is 0 Å². The Morgan fingerprint density at radius 2 is 1.93 bits per heavy atom. The highest BCUT2D eigenvalue weighted by Crippen LogP contribution is 2.71. The van der Waals surface area contributed by atoms with Crippen LogP contribution in [-0.2, 0) is 19.1 Å². The highest BCUT2D eigenvalue weighted by molar-refractivity contribution is 6.17. The van der Waals surface area contributed by atoms with E-state index in [0.29, 0.717) is 0 Å². The number of nitrogen functional groups attached to an aromatic ring is 1. The van der Waals surface area contributed by atoms with Gasteiger partial charge >= 0.3 is 11.9 Å². The van der Waals surface area contributed by atoms with E-state index in [1.807, 2.05) is 0 Å². The van der Waals surface area contributed by atoms with E-state index in [9.17, 15) is 23.9 Å². The first-order chi connectivity index (χ1) is 18.7. The third kappa shape index (κ3) is 3.57. The molecular weight excluding hydrogens is 551 g/mol. The fraction of sp³-hybridized carbons (Fsp3) is 0.552. The molecule has 216 valence electrons. The largest absolute Gasteiger partial charge is 0.446 e. The van der Waals surface area contributed by atoms with Crippen LogP contribution in [0.25, 0.3) is 0 Å². The number of ether oxygens (including phenoxy) is 2. The first-order valence-corrected chi connectivity index (χ1v) is 13.7. The first kappa shape index (κ1) is 28.7. The maximum Gasteiger partial charge on any atom is 0.352 e. The van der Waals surface area contributed by atoms with Crippen molar-refractivity contribution in [3.63, 3.8) is 0 Å². The number of nitrogens with two attached hydrogens (primary N) is 1. The minimum Gasteiger partial charge on any atom is -0.446 e. The fourth-order valence-electron chi connectivity index (χ4n) is 8.25. The summed E-state index contributed by atoms with van der Waals surface area (Å²) < 4.78 is 58.1. The van der Waals surface area contributed by atoms with Crippen molar-refractivity contribution >= 4 is 35.0 Å². The molecule has 0 bridgehead atoms. The second-order valence-electron chi connectivity index (χ2n) is 11.9. The summed E-state index contributed by atoms with van der Waals surface area (Å²) in [4.78, 5) is 39.1. The predicted molar refractivity (Wildman–Crippen MR) is 139 cm³/mol. The van der Waals surface area contributed by atoms with Crippen molar-refractivity contribution in [2.24, 2.45) is 28.6 Å². The second-order valence-corrected chi connectivity index (χ2v) is 12.1. The number of hydrogen-bond acceptors (Lipinski definition) is 7. The van der Waals surface area contributed by atoms with Gasteiger partial charge in [0.25, 0.3) is 0 Å². The Hall–Kier alpha value is -2.85. The number of benzene rings is 1. The van der Waals surface area contributed by atoms with Crippen LogP contribution in [0.3, 0.4) is 0 Å². The molecule has 9 atom stereocenters. The molecule has 3 fully saturated rings. The number of carbonyl (C=O) groups is 3. The van der Waals surface area contributed by atoms with Crippen molar-refractivity contribution in [3.05, 3.63) is 53.4 Å². The minimum atomic E-state index is -2.38. The van der Waals surface area contributed by atoms with E-state index in [1.165, 1.54) is 19.1 Å². The summed E-state index contributed by atoms with van der Waals surface area (Å²) in [6, 6.07) is 2.64. The number of rotatable bonds is 4. The maximum atomic E-state index is 17.5. The molecule has 4 aliphatic carbocycles. The van der Waals surface area contributed by atoms with E-state index < -0.39 is 81.7 Å². The van der Waals surface area contributed by atoms with Crippen molar-refractivity contribution in [2.45, 2.75) is 63.6 Å². The Kier molecular flexibility index (Phi) is 6.69. The molecule has 1 aromatic carbocycles. The number of ketones is 1. The Morgan fingerprint density at radius 3 is 2.58 bits per heavy atom. The predicted octanol–water partition coefficient (Wildman–Crippen LogP) is 4.61. The van der Waals surface area contributed by atoms with Crippen molar-refractivity contribution in [3.8, 4) is 0 Å². The molecular formula is C29H31ClF3NO6. The van der Waals surface area contributed by atoms with Gasteiger partial charge in [-0.15, -0.1) is 0 Å². The van der Waals surface area contributed by atoms with Crippen LogP contribution >= 0.6 is 11.6 Å². The van der Waals surface area contributed by atoms with Gasteiger partial charge in [-0.2, -0.15) is 0 Å². The highest BCUT2D eigenvalue weighted by atomic mass is 35.5. The van der Waals surface area contributed by atoms with Gasteiger partial charge in [0.05, 0.1) is 17.4 Å². The molecule has 0 aliphatic heterocycles. The Balaban J connectivity index is 1.62. The van der Waals surface area contributed by atoms with Gasteiger partial charge in [-0.25, -0.2) is 22.8 Å². The lowest BCUT2D eigenvalue weighted by Gasteiger charge is -2.63. The number of alkyl halides is 3. The van der Waals surface area contributed by atoms with Crippen LogP contribution in [0.2, 0.25) is 0 Å². The highest BCUT2D eigenvalue weighted by Gasteiger charge is 2.78. The van der Waals surface area contributed by atoms with Gasteiger partial charge in [-0.05, 0) is 68.0 Å². The van der Waals surface area contributed by atoms with Gasteiger partial charge in [0.15, 0.2) is 17.5 Å². The zero-order valence-electron chi connectivity index (χ0n) is 22.3. The molecule has 5 rings (SSSR count). The van der Waals surface area contributed by atoms with Crippen LogP contribution in [-0.4, -0.2) is 52.4 Å². The van der Waals surface area contributed by atoms with Gasteiger partial charge in [-0.1, -0.05) is 31.5 Å². The van der Waals surface area contributed by atoms with Crippen LogP contribution in [0.1, 0.15) is 50.4 Å². The van der Waals surface area contributed by atoms with E-state index in [1.54, 1.807) is 13.8 Å². The first-order valence-electron chi connectivity index (χ1n) is 13.1. The molecule has 0 unspecified atom stereocenters. The summed E-state index contributed by atoms with van der Waals surface area (Å²) in [6.45, 7) is 4.71. The Morgan fingerprint density at radius 1 is 1.23 bits per heavy atom. The summed E-state index contributed by atoms with van der Waals surface area (Å²) in [5, 5.41) is 11.6. The maximum absolute atomic E-state index is 17.5. The van der Waals surface area contributed by atoms with Crippen LogP contribution in [0.15, 0.2) is 42.0 Å². The zero-order valence-corrected chi connectivity index (χ0v) is 23.0. The van der Waals surface area contributed by atoms with Gasteiger partial charge in [-0.3, -0.25) is 4.79 Å². The molecule has 0 amide bonds. The number of aliphatic hydroxyl groups excluding tert-OH is 1. The van der Waals surface area contributed by atoms with E-state index in [2.05, 4.69) is 0 Å². The van der Waals surface area contributed by atoms with Gasteiger partial charge < -0.3 is 20.3 Å². The molecule has 3 saturated carbocycles. The second kappa shape index (κ2) is 9.34. The number of esters is 2. The molecule has 7 nitrogen and oxygen atoms in total. The number of carbonyl (C=O) groups excluding carboxylic acids is 3. The Bertz CT molecular complexity index is 1350. The molecule has 0 saturated heterocycles. The molecule has 40 heavy (non-hydrogen) atoms. The fourth-order valence-corrected chi connectivity index (χ4v) is 8.35. The third-order valence-electron chi connectivity index (χ3n) is 10.1. The van der Waals surface area contributed by atoms with Crippen molar-refractivity contribution in [1.82, 2.24) is 0 Å². The van der Waals surface area contributed by atoms with Gasteiger partial charge in [0.1, 0.15) is 12.0 Å². The van der Waals surface area contributed by atoms with E-state index in [-0.39, 0.29) is 36.1 Å². The number of hydrogen-bond donors (Lipinski definition) is 2. The smallest absolute Gasteiger partial charge is 0.352 e. The van der Waals surface area contributed by atoms with Crippen molar-refractivity contribution < 1.29 is 42.1 Å². The van der Waals surface area contributed by atoms with Crippen LogP contribution in [0, 0.1) is 34.4 Å².